The highest BCUT2D eigenvalue weighted by atomic mass is 19.4. The van der Waals surface area contributed by atoms with Crippen molar-refractivity contribution in [2.45, 2.75) is 75.9 Å². The molecule has 1 aromatic rings. The Kier molecular flexibility index (Phi) is 9.01. The molecule has 0 bridgehead atoms. The molecule has 2 aliphatic rings. The number of carboxylic acid groups (broad SMARTS) is 1. The molecule has 1 aliphatic heterocycles. The summed E-state index contributed by atoms with van der Waals surface area (Å²) in [5.74, 6) is -0.257. The van der Waals surface area contributed by atoms with Crippen LogP contribution in [0.15, 0.2) is 24.3 Å². The van der Waals surface area contributed by atoms with Crippen molar-refractivity contribution >= 4 is 5.97 Å². The van der Waals surface area contributed by atoms with E-state index in [0.29, 0.717) is 38.2 Å². The van der Waals surface area contributed by atoms with Gasteiger partial charge in [0.2, 0.25) is 0 Å². The van der Waals surface area contributed by atoms with Crippen LogP contribution in [0.1, 0.15) is 56.9 Å². The molecular formula is C24H33F3O6. The molecule has 1 aromatic carbocycles. The van der Waals surface area contributed by atoms with Crippen LogP contribution in [0.2, 0.25) is 0 Å². The fourth-order valence-corrected chi connectivity index (χ4v) is 5.11. The normalized spacial score (nSPS) is 28.7. The number of alkyl halides is 3. The van der Waals surface area contributed by atoms with Gasteiger partial charge in [-0.3, -0.25) is 4.79 Å². The zero-order valence-electron chi connectivity index (χ0n) is 18.5. The standard InChI is InChI=1S/C24H33F3O6/c25-24(26,27)16-4-2-5-18(11-16)32-14-17(28)8-10-19-20-9-7-15(3-1-6-23(30)31)13-33-22(20)12-21(19)29/h2,4-5,11,15,17,19-22,28-29H,1,3,6-10,12-14H2,(H,30,31)/t15?,17-,19?,20-,21-,22+/m1/s1. The molecule has 0 spiro atoms. The van der Waals surface area contributed by atoms with Gasteiger partial charge in [-0.15, -0.1) is 0 Å². The van der Waals surface area contributed by atoms with Crippen LogP contribution in [0.25, 0.3) is 0 Å². The smallest absolute Gasteiger partial charge is 0.416 e. The van der Waals surface area contributed by atoms with E-state index < -0.39 is 29.9 Å². The SMILES string of the molecule is O=C(O)CCCC1CC[C@@H]2C(CC[C@@H](O)COc3cccc(C(F)(F)F)c3)[C@H](O)C[C@@H]2OC1. The molecule has 1 aliphatic carbocycles. The first-order chi connectivity index (χ1) is 15.6. The number of hydrogen-bond acceptors (Lipinski definition) is 5. The highest BCUT2D eigenvalue weighted by molar-refractivity contribution is 5.66. The molecule has 0 aromatic heterocycles. The molecule has 9 heteroatoms. The monoisotopic (exact) mass is 474 g/mol. The minimum absolute atomic E-state index is 0.0176. The van der Waals surface area contributed by atoms with Gasteiger partial charge in [-0.1, -0.05) is 6.07 Å². The second kappa shape index (κ2) is 11.5. The van der Waals surface area contributed by atoms with Crippen LogP contribution in [-0.4, -0.2) is 52.8 Å². The lowest BCUT2D eigenvalue weighted by Crippen LogP contribution is -2.25. The third-order valence-electron chi connectivity index (χ3n) is 6.89. The van der Waals surface area contributed by atoms with Gasteiger partial charge in [-0.25, -0.2) is 0 Å². The topological polar surface area (TPSA) is 96.2 Å². The summed E-state index contributed by atoms with van der Waals surface area (Å²) >= 11 is 0. The number of fused-ring (bicyclic) bond motifs is 1. The third-order valence-corrected chi connectivity index (χ3v) is 6.89. The van der Waals surface area contributed by atoms with Crippen molar-refractivity contribution in [1.82, 2.24) is 0 Å². The van der Waals surface area contributed by atoms with Crippen molar-refractivity contribution in [3.63, 3.8) is 0 Å². The maximum Gasteiger partial charge on any atom is 0.416 e. The van der Waals surface area contributed by atoms with Gasteiger partial charge in [0.25, 0.3) is 0 Å². The molecule has 6 nitrogen and oxygen atoms in total. The highest BCUT2D eigenvalue weighted by Crippen LogP contribution is 2.43. The Hall–Kier alpha value is -1.84. The van der Waals surface area contributed by atoms with Crippen molar-refractivity contribution in [1.29, 1.82) is 0 Å². The first-order valence-electron chi connectivity index (χ1n) is 11.6. The fourth-order valence-electron chi connectivity index (χ4n) is 5.11. The van der Waals surface area contributed by atoms with Crippen LogP contribution >= 0.6 is 0 Å². The van der Waals surface area contributed by atoms with Crippen molar-refractivity contribution in [3.8, 4) is 5.75 Å². The van der Waals surface area contributed by atoms with Crippen molar-refractivity contribution in [2.24, 2.45) is 17.8 Å². The van der Waals surface area contributed by atoms with Crippen LogP contribution < -0.4 is 4.74 Å². The van der Waals surface area contributed by atoms with E-state index in [1.807, 2.05) is 0 Å². The Balaban J connectivity index is 1.45. The Morgan fingerprint density at radius 2 is 2.03 bits per heavy atom. The van der Waals surface area contributed by atoms with Gasteiger partial charge in [-0.05, 0) is 74.5 Å². The van der Waals surface area contributed by atoms with E-state index in [-0.39, 0.29) is 36.7 Å². The van der Waals surface area contributed by atoms with Crippen LogP contribution in [-0.2, 0) is 15.7 Å². The van der Waals surface area contributed by atoms with Crippen LogP contribution in [0.3, 0.4) is 0 Å². The average molecular weight is 475 g/mol. The van der Waals surface area contributed by atoms with Gasteiger partial charge < -0.3 is 24.8 Å². The van der Waals surface area contributed by atoms with E-state index in [9.17, 15) is 28.2 Å². The Morgan fingerprint density at radius 3 is 2.76 bits per heavy atom. The van der Waals surface area contributed by atoms with Gasteiger partial charge in [0.15, 0.2) is 0 Å². The molecule has 186 valence electrons. The predicted molar refractivity (Wildman–Crippen MR) is 114 cm³/mol. The summed E-state index contributed by atoms with van der Waals surface area (Å²) in [5.41, 5.74) is -0.802. The number of aliphatic hydroxyl groups is 2. The van der Waals surface area contributed by atoms with Gasteiger partial charge >= 0.3 is 12.1 Å². The van der Waals surface area contributed by atoms with Gasteiger partial charge in [-0.2, -0.15) is 13.2 Å². The lowest BCUT2D eigenvalue weighted by molar-refractivity contribution is -0.138. The van der Waals surface area contributed by atoms with Crippen molar-refractivity contribution in [2.75, 3.05) is 13.2 Å². The molecule has 6 atom stereocenters. The minimum Gasteiger partial charge on any atom is -0.491 e. The third kappa shape index (κ3) is 7.58. The zero-order chi connectivity index (χ0) is 24.0. The summed E-state index contributed by atoms with van der Waals surface area (Å²) in [4.78, 5) is 10.7. The minimum atomic E-state index is -4.46. The van der Waals surface area contributed by atoms with Gasteiger partial charge in [0.05, 0.1) is 23.9 Å². The number of benzene rings is 1. The molecule has 0 radical (unpaired) electrons. The molecule has 1 heterocycles. The summed E-state index contributed by atoms with van der Waals surface area (Å²) in [6, 6.07) is 4.56. The number of carboxylic acids is 1. The molecule has 2 unspecified atom stereocenters. The number of ether oxygens (including phenoxy) is 2. The predicted octanol–water partition coefficient (Wildman–Crippen LogP) is 4.27. The summed E-state index contributed by atoms with van der Waals surface area (Å²) in [6.07, 6.45) is -0.967. The van der Waals surface area contributed by atoms with E-state index in [2.05, 4.69) is 0 Å². The lowest BCUT2D eigenvalue weighted by atomic mass is 9.84. The molecule has 1 saturated carbocycles. The first-order valence-corrected chi connectivity index (χ1v) is 11.6. The van der Waals surface area contributed by atoms with Crippen LogP contribution in [0, 0.1) is 17.8 Å². The summed E-state index contributed by atoms with van der Waals surface area (Å²) < 4.78 is 49.9. The van der Waals surface area contributed by atoms with Gasteiger partial charge in [0.1, 0.15) is 12.4 Å². The maximum absolute atomic E-state index is 12.8. The van der Waals surface area contributed by atoms with Crippen molar-refractivity contribution in [3.05, 3.63) is 29.8 Å². The molecule has 3 rings (SSSR count). The number of rotatable bonds is 10. The molecule has 2 fully saturated rings. The second-order valence-electron chi connectivity index (χ2n) is 9.30. The van der Waals surface area contributed by atoms with Crippen molar-refractivity contribution < 1.29 is 42.8 Å². The summed E-state index contributed by atoms with van der Waals surface area (Å²) in [6.45, 7) is 0.452. The van der Waals surface area contributed by atoms with Crippen LogP contribution in [0.4, 0.5) is 13.2 Å². The number of carbonyl (C=O) groups is 1. The molecular weight excluding hydrogens is 441 g/mol. The quantitative estimate of drug-likeness (QED) is 0.469. The van der Waals surface area contributed by atoms with E-state index in [1.54, 1.807) is 0 Å². The number of hydrogen-bond donors (Lipinski definition) is 3. The van der Waals surface area contributed by atoms with Gasteiger partial charge in [0, 0.05) is 19.4 Å². The van der Waals surface area contributed by atoms with E-state index >= 15 is 0 Å². The highest BCUT2D eigenvalue weighted by Gasteiger charge is 2.44. The first kappa shape index (κ1) is 25.8. The van der Waals surface area contributed by atoms with E-state index in [1.165, 1.54) is 12.1 Å². The number of halogens is 3. The zero-order valence-corrected chi connectivity index (χ0v) is 18.5. The maximum atomic E-state index is 12.8. The summed E-state index contributed by atoms with van der Waals surface area (Å²) in [7, 11) is 0. The number of aliphatic hydroxyl groups excluding tert-OH is 2. The van der Waals surface area contributed by atoms with E-state index in [4.69, 9.17) is 14.6 Å². The molecule has 3 N–H and O–H groups in total. The summed E-state index contributed by atoms with van der Waals surface area (Å²) in [5, 5.41) is 29.7. The molecule has 0 amide bonds. The average Bonchev–Trinajstić information content (AvgIpc) is 2.91. The number of aliphatic carboxylic acids is 1. The Labute approximate surface area is 191 Å². The van der Waals surface area contributed by atoms with Crippen LogP contribution in [0.5, 0.6) is 5.75 Å². The second-order valence-corrected chi connectivity index (χ2v) is 9.30. The fraction of sp³-hybridized carbons (Fsp3) is 0.708. The Bertz CT molecular complexity index is 771. The molecule has 33 heavy (non-hydrogen) atoms. The van der Waals surface area contributed by atoms with E-state index in [0.717, 1.165) is 31.4 Å². The Morgan fingerprint density at radius 1 is 1.24 bits per heavy atom. The lowest BCUT2D eigenvalue weighted by Gasteiger charge is -2.24. The molecule has 1 saturated heterocycles. The largest absolute Gasteiger partial charge is 0.491 e.